The van der Waals surface area contributed by atoms with Gasteiger partial charge in [0.2, 0.25) is 5.91 Å². The molecule has 0 spiro atoms. The van der Waals surface area contributed by atoms with Crippen molar-refractivity contribution < 1.29 is 9.53 Å². The van der Waals surface area contributed by atoms with Gasteiger partial charge in [-0.05, 0) is 29.8 Å². The summed E-state index contributed by atoms with van der Waals surface area (Å²) in [7, 11) is 1.63. The molecule has 2 aromatic carbocycles. The fraction of sp³-hybridized carbons (Fsp3) is 0.176. The Morgan fingerprint density at radius 3 is 2.55 bits per heavy atom. The summed E-state index contributed by atoms with van der Waals surface area (Å²) in [6.45, 7) is 0. The Labute approximate surface area is 133 Å². The van der Waals surface area contributed by atoms with Gasteiger partial charge in [0.15, 0.2) is 5.17 Å². The van der Waals surface area contributed by atoms with Crippen LogP contribution in [0.3, 0.4) is 0 Å². The molecule has 1 N–H and O–H groups in total. The van der Waals surface area contributed by atoms with Crippen LogP contribution in [-0.2, 0) is 4.79 Å². The van der Waals surface area contributed by atoms with E-state index in [0.29, 0.717) is 11.6 Å². The van der Waals surface area contributed by atoms with Crippen LogP contribution >= 0.6 is 11.8 Å². The maximum atomic E-state index is 11.9. The van der Waals surface area contributed by atoms with E-state index in [1.165, 1.54) is 0 Å². The van der Waals surface area contributed by atoms with Gasteiger partial charge < -0.3 is 10.1 Å². The predicted octanol–water partition coefficient (Wildman–Crippen LogP) is 3.68. The van der Waals surface area contributed by atoms with E-state index >= 15 is 0 Å². The van der Waals surface area contributed by atoms with Crippen LogP contribution in [0, 0.1) is 0 Å². The summed E-state index contributed by atoms with van der Waals surface area (Å²) < 4.78 is 5.13. The molecule has 3 rings (SSSR count). The molecule has 112 valence electrons. The molecule has 4 nitrogen and oxygen atoms in total. The van der Waals surface area contributed by atoms with E-state index < -0.39 is 0 Å². The minimum Gasteiger partial charge on any atom is -0.497 e. The monoisotopic (exact) mass is 312 g/mol. The Hall–Kier alpha value is -2.27. The molecule has 2 aromatic rings. The van der Waals surface area contributed by atoms with Gasteiger partial charge in [0.25, 0.3) is 0 Å². The summed E-state index contributed by atoms with van der Waals surface area (Å²) in [4.78, 5) is 16.4. The van der Waals surface area contributed by atoms with Crippen LogP contribution in [0.25, 0.3) is 0 Å². The Balaban J connectivity index is 1.80. The largest absolute Gasteiger partial charge is 0.497 e. The zero-order valence-electron chi connectivity index (χ0n) is 12.2. The van der Waals surface area contributed by atoms with Crippen molar-refractivity contribution in [1.29, 1.82) is 0 Å². The predicted molar refractivity (Wildman–Crippen MR) is 89.6 cm³/mol. The van der Waals surface area contributed by atoms with Gasteiger partial charge in [0.05, 0.1) is 12.8 Å². The van der Waals surface area contributed by atoms with Gasteiger partial charge in [-0.25, -0.2) is 4.99 Å². The number of carbonyl (C=O) groups is 1. The molecule has 0 saturated carbocycles. The average molecular weight is 312 g/mol. The third kappa shape index (κ3) is 3.49. The number of benzene rings is 2. The first-order valence-electron chi connectivity index (χ1n) is 6.99. The van der Waals surface area contributed by atoms with E-state index in [4.69, 9.17) is 4.74 Å². The minimum atomic E-state index is -0.000125. The average Bonchev–Trinajstić information content (AvgIpc) is 2.56. The third-order valence-electron chi connectivity index (χ3n) is 3.35. The molecule has 1 heterocycles. The van der Waals surface area contributed by atoms with Crippen LogP contribution in [-0.4, -0.2) is 18.2 Å². The first kappa shape index (κ1) is 14.7. The summed E-state index contributed by atoms with van der Waals surface area (Å²) >= 11 is 1.58. The summed E-state index contributed by atoms with van der Waals surface area (Å²) in [5, 5.41) is 3.57. The lowest BCUT2D eigenvalue weighted by molar-refractivity contribution is -0.119. The van der Waals surface area contributed by atoms with Gasteiger partial charge >= 0.3 is 0 Å². The molecule has 1 unspecified atom stereocenters. The van der Waals surface area contributed by atoms with Crippen LogP contribution in [0.5, 0.6) is 5.75 Å². The number of amides is 1. The van der Waals surface area contributed by atoms with Crippen molar-refractivity contribution in [2.45, 2.75) is 11.7 Å². The number of nitrogens with one attached hydrogen (secondary N) is 1. The van der Waals surface area contributed by atoms with Crippen molar-refractivity contribution >= 4 is 28.5 Å². The Kier molecular flexibility index (Phi) is 4.44. The van der Waals surface area contributed by atoms with Crippen LogP contribution < -0.4 is 10.1 Å². The Morgan fingerprint density at radius 2 is 1.86 bits per heavy atom. The number of carbonyl (C=O) groups excluding carboxylic acids is 1. The van der Waals surface area contributed by atoms with Crippen molar-refractivity contribution in [2.75, 3.05) is 7.11 Å². The van der Waals surface area contributed by atoms with E-state index in [-0.39, 0.29) is 11.2 Å². The number of rotatable bonds is 3. The van der Waals surface area contributed by atoms with Gasteiger partial charge in [0.1, 0.15) is 5.75 Å². The number of nitrogens with zero attached hydrogens (tertiary/aromatic N) is 1. The molecular formula is C17H16N2O2S. The maximum absolute atomic E-state index is 11.9. The maximum Gasteiger partial charge on any atom is 0.227 e. The Bertz CT molecular complexity index is 684. The highest BCUT2D eigenvalue weighted by molar-refractivity contribution is 8.14. The SMILES string of the molecule is COc1ccc(N=C2NC(=O)CC(c3ccccc3)S2)cc1. The molecule has 1 fully saturated rings. The lowest BCUT2D eigenvalue weighted by Gasteiger charge is -2.23. The molecule has 0 aliphatic carbocycles. The number of aliphatic imine (C=N–C) groups is 1. The topological polar surface area (TPSA) is 50.7 Å². The van der Waals surface area contributed by atoms with Crippen molar-refractivity contribution in [3.63, 3.8) is 0 Å². The quantitative estimate of drug-likeness (QED) is 0.940. The second-order valence-corrected chi connectivity index (χ2v) is 6.08. The molecule has 5 heteroatoms. The molecule has 0 bridgehead atoms. The molecule has 0 radical (unpaired) electrons. The standard InChI is InChI=1S/C17H16N2O2S/c1-21-14-9-7-13(8-10-14)18-17-19-16(20)11-15(22-17)12-5-3-2-4-6-12/h2-10,15H,11H2,1H3,(H,18,19,20). The zero-order valence-corrected chi connectivity index (χ0v) is 13.0. The van der Waals surface area contributed by atoms with E-state index in [1.54, 1.807) is 18.9 Å². The lowest BCUT2D eigenvalue weighted by atomic mass is 10.1. The number of hydrogen-bond acceptors (Lipinski definition) is 4. The zero-order chi connectivity index (χ0) is 15.4. The molecule has 1 saturated heterocycles. The molecule has 1 amide bonds. The summed E-state index contributed by atoms with van der Waals surface area (Å²) in [5.41, 5.74) is 1.93. The number of hydrogen-bond donors (Lipinski definition) is 1. The number of amidine groups is 1. The normalized spacial score (nSPS) is 19.8. The highest BCUT2D eigenvalue weighted by Crippen LogP contribution is 2.36. The second kappa shape index (κ2) is 6.66. The summed E-state index contributed by atoms with van der Waals surface area (Å²) in [6, 6.07) is 17.5. The highest BCUT2D eigenvalue weighted by Gasteiger charge is 2.25. The van der Waals surface area contributed by atoms with Gasteiger partial charge in [-0.1, -0.05) is 42.1 Å². The Morgan fingerprint density at radius 1 is 1.14 bits per heavy atom. The van der Waals surface area contributed by atoms with Crippen molar-refractivity contribution in [2.24, 2.45) is 4.99 Å². The molecule has 22 heavy (non-hydrogen) atoms. The summed E-state index contributed by atoms with van der Waals surface area (Å²) in [6.07, 6.45) is 0.469. The van der Waals surface area contributed by atoms with Crippen molar-refractivity contribution in [3.8, 4) is 5.75 Å². The van der Waals surface area contributed by atoms with Crippen molar-refractivity contribution in [3.05, 3.63) is 60.2 Å². The van der Waals surface area contributed by atoms with Crippen LogP contribution in [0.4, 0.5) is 5.69 Å². The number of thioether (sulfide) groups is 1. The fourth-order valence-corrected chi connectivity index (χ4v) is 3.35. The highest BCUT2D eigenvalue weighted by atomic mass is 32.2. The van der Waals surface area contributed by atoms with E-state index in [0.717, 1.165) is 17.0 Å². The molecule has 1 aliphatic rings. The third-order valence-corrected chi connectivity index (χ3v) is 4.49. The van der Waals surface area contributed by atoms with Gasteiger partial charge in [-0.15, -0.1) is 0 Å². The van der Waals surface area contributed by atoms with E-state index in [9.17, 15) is 4.79 Å². The summed E-state index contributed by atoms with van der Waals surface area (Å²) in [5.74, 6) is 0.784. The second-order valence-electron chi connectivity index (χ2n) is 4.88. The van der Waals surface area contributed by atoms with Crippen LogP contribution in [0.2, 0.25) is 0 Å². The van der Waals surface area contributed by atoms with Gasteiger partial charge in [-0.2, -0.15) is 0 Å². The first-order valence-corrected chi connectivity index (χ1v) is 7.87. The lowest BCUT2D eigenvalue weighted by Crippen LogP contribution is -2.34. The van der Waals surface area contributed by atoms with Crippen molar-refractivity contribution in [1.82, 2.24) is 5.32 Å². The van der Waals surface area contributed by atoms with Crippen LogP contribution in [0.1, 0.15) is 17.2 Å². The molecular weight excluding hydrogens is 296 g/mol. The minimum absolute atomic E-state index is 0.000125. The molecule has 1 aliphatic heterocycles. The smallest absolute Gasteiger partial charge is 0.227 e. The van der Waals surface area contributed by atoms with Gasteiger partial charge in [0, 0.05) is 11.7 Å². The number of methoxy groups -OCH3 is 1. The first-order chi connectivity index (χ1) is 10.7. The van der Waals surface area contributed by atoms with E-state index in [2.05, 4.69) is 10.3 Å². The van der Waals surface area contributed by atoms with Crippen LogP contribution in [0.15, 0.2) is 59.6 Å². The number of ether oxygens (including phenoxy) is 1. The van der Waals surface area contributed by atoms with E-state index in [1.807, 2.05) is 54.6 Å². The fourth-order valence-electron chi connectivity index (χ4n) is 2.23. The molecule has 0 aromatic heterocycles. The molecule has 1 atom stereocenters. The van der Waals surface area contributed by atoms with Gasteiger partial charge in [-0.3, -0.25) is 4.79 Å².